The van der Waals surface area contributed by atoms with Gasteiger partial charge >= 0.3 is 0 Å². The molecule has 1 saturated heterocycles. The number of nitrogens with zero attached hydrogens (tertiary/aromatic N) is 2. The van der Waals surface area contributed by atoms with Crippen molar-refractivity contribution >= 4 is 23.5 Å². The fourth-order valence-corrected chi connectivity index (χ4v) is 3.41. The number of carbonyl (C=O) groups is 1. The van der Waals surface area contributed by atoms with Crippen molar-refractivity contribution < 1.29 is 4.79 Å². The maximum atomic E-state index is 11.6. The Morgan fingerprint density at radius 2 is 1.81 bits per heavy atom. The summed E-state index contributed by atoms with van der Waals surface area (Å²) in [6.07, 6.45) is 2.87. The van der Waals surface area contributed by atoms with Crippen molar-refractivity contribution in [1.82, 2.24) is 15.3 Å². The molecular formula is C21H19ClN4O. The van der Waals surface area contributed by atoms with Gasteiger partial charge in [0, 0.05) is 24.6 Å². The van der Waals surface area contributed by atoms with Gasteiger partial charge in [-0.25, -0.2) is 9.97 Å². The molecule has 3 aromatic rings. The van der Waals surface area contributed by atoms with Crippen LogP contribution in [0.5, 0.6) is 0 Å². The zero-order valence-corrected chi connectivity index (χ0v) is 15.4. The van der Waals surface area contributed by atoms with Crippen LogP contribution in [0, 0.1) is 0 Å². The SMILES string of the molecule is O=C1CC(Nc2ncc(Cl)c(-c3cccc(-c4ccccc4)c3)n2)CCN1. The Morgan fingerprint density at radius 1 is 1.04 bits per heavy atom. The lowest BCUT2D eigenvalue weighted by atomic mass is 10.0. The van der Waals surface area contributed by atoms with Gasteiger partial charge in [0.25, 0.3) is 0 Å². The summed E-state index contributed by atoms with van der Waals surface area (Å²) in [5.74, 6) is 0.530. The number of hydrogen-bond donors (Lipinski definition) is 2. The average molecular weight is 379 g/mol. The molecule has 0 bridgehead atoms. The summed E-state index contributed by atoms with van der Waals surface area (Å²) in [6.45, 7) is 0.663. The molecule has 1 aliphatic heterocycles. The van der Waals surface area contributed by atoms with E-state index in [0.717, 1.165) is 23.1 Å². The maximum absolute atomic E-state index is 11.6. The van der Waals surface area contributed by atoms with E-state index in [1.165, 1.54) is 0 Å². The highest BCUT2D eigenvalue weighted by molar-refractivity contribution is 6.32. The molecule has 2 aromatic carbocycles. The zero-order chi connectivity index (χ0) is 18.6. The molecule has 0 aliphatic carbocycles. The summed E-state index contributed by atoms with van der Waals surface area (Å²) < 4.78 is 0. The molecule has 2 N–H and O–H groups in total. The number of carbonyl (C=O) groups excluding carboxylic acids is 1. The highest BCUT2D eigenvalue weighted by Gasteiger charge is 2.20. The summed E-state index contributed by atoms with van der Waals surface area (Å²) in [5.41, 5.74) is 3.83. The third-order valence-corrected chi connectivity index (χ3v) is 4.84. The van der Waals surface area contributed by atoms with Gasteiger partial charge in [0.2, 0.25) is 11.9 Å². The maximum Gasteiger partial charge on any atom is 0.223 e. The second-order valence-electron chi connectivity index (χ2n) is 6.52. The fourth-order valence-electron chi connectivity index (χ4n) is 3.21. The normalized spacial score (nSPS) is 16.6. The number of rotatable bonds is 4. The van der Waals surface area contributed by atoms with Crippen LogP contribution in [0.2, 0.25) is 5.02 Å². The van der Waals surface area contributed by atoms with Gasteiger partial charge in [-0.3, -0.25) is 4.79 Å². The summed E-state index contributed by atoms with van der Waals surface area (Å²) in [5, 5.41) is 6.57. The van der Waals surface area contributed by atoms with Gasteiger partial charge in [0.15, 0.2) is 0 Å². The van der Waals surface area contributed by atoms with E-state index in [9.17, 15) is 4.79 Å². The number of aromatic nitrogens is 2. The first-order chi connectivity index (χ1) is 13.2. The summed E-state index contributed by atoms with van der Waals surface area (Å²) >= 11 is 6.38. The number of benzene rings is 2. The minimum atomic E-state index is 0.0310. The van der Waals surface area contributed by atoms with E-state index in [1.807, 2.05) is 30.3 Å². The third-order valence-electron chi connectivity index (χ3n) is 4.57. The van der Waals surface area contributed by atoms with Crippen molar-refractivity contribution in [2.24, 2.45) is 0 Å². The Labute approximate surface area is 162 Å². The molecule has 1 unspecified atom stereocenters. The molecule has 5 nitrogen and oxygen atoms in total. The topological polar surface area (TPSA) is 66.9 Å². The van der Waals surface area contributed by atoms with Crippen LogP contribution in [-0.4, -0.2) is 28.5 Å². The van der Waals surface area contributed by atoms with Gasteiger partial charge in [-0.05, 0) is 23.6 Å². The first-order valence-corrected chi connectivity index (χ1v) is 9.28. The Bertz CT molecular complexity index is 961. The van der Waals surface area contributed by atoms with Crippen LogP contribution in [0.15, 0.2) is 60.8 Å². The minimum absolute atomic E-state index is 0.0310. The van der Waals surface area contributed by atoms with Crippen molar-refractivity contribution in [1.29, 1.82) is 0 Å². The monoisotopic (exact) mass is 378 g/mol. The van der Waals surface area contributed by atoms with Gasteiger partial charge in [0.1, 0.15) is 0 Å². The molecule has 136 valence electrons. The minimum Gasteiger partial charge on any atom is -0.356 e. The number of hydrogen-bond acceptors (Lipinski definition) is 4. The molecule has 1 atom stereocenters. The van der Waals surface area contributed by atoms with Crippen molar-refractivity contribution in [3.63, 3.8) is 0 Å². The van der Waals surface area contributed by atoms with E-state index < -0.39 is 0 Å². The Hall–Kier alpha value is -2.92. The van der Waals surface area contributed by atoms with Crippen molar-refractivity contribution in [3.05, 3.63) is 65.8 Å². The molecule has 1 amide bonds. The molecule has 1 aliphatic rings. The molecule has 0 radical (unpaired) electrons. The first kappa shape index (κ1) is 17.5. The van der Waals surface area contributed by atoms with E-state index in [-0.39, 0.29) is 11.9 Å². The number of nitrogens with one attached hydrogen (secondary N) is 2. The molecule has 1 fully saturated rings. The van der Waals surface area contributed by atoms with Gasteiger partial charge in [-0.1, -0.05) is 60.1 Å². The Morgan fingerprint density at radius 3 is 2.63 bits per heavy atom. The molecule has 6 heteroatoms. The van der Waals surface area contributed by atoms with E-state index in [1.54, 1.807) is 6.20 Å². The Balaban J connectivity index is 1.63. The highest BCUT2D eigenvalue weighted by atomic mass is 35.5. The van der Waals surface area contributed by atoms with Gasteiger partial charge < -0.3 is 10.6 Å². The van der Waals surface area contributed by atoms with Crippen molar-refractivity contribution in [2.45, 2.75) is 18.9 Å². The molecule has 0 saturated carbocycles. The van der Waals surface area contributed by atoms with E-state index in [0.29, 0.717) is 29.6 Å². The average Bonchev–Trinajstić information content (AvgIpc) is 2.70. The summed E-state index contributed by atoms with van der Waals surface area (Å²) in [6, 6.07) is 18.3. The molecule has 2 heterocycles. The van der Waals surface area contributed by atoms with Crippen LogP contribution in [0.3, 0.4) is 0 Å². The molecule has 1 aromatic heterocycles. The zero-order valence-electron chi connectivity index (χ0n) is 14.7. The smallest absolute Gasteiger partial charge is 0.223 e. The number of halogens is 1. The summed E-state index contributed by atoms with van der Waals surface area (Å²) in [7, 11) is 0. The van der Waals surface area contributed by atoms with Crippen LogP contribution in [0.25, 0.3) is 22.4 Å². The van der Waals surface area contributed by atoms with E-state index in [2.05, 4.69) is 44.9 Å². The van der Waals surface area contributed by atoms with Crippen LogP contribution < -0.4 is 10.6 Å². The predicted molar refractivity (Wildman–Crippen MR) is 108 cm³/mol. The van der Waals surface area contributed by atoms with Gasteiger partial charge in [0.05, 0.1) is 16.9 Å². The van der Waals surface area contributed by atoms with Crippen molar-refractivity contribution in [3.8, 4) is 22.4 Å². The van der Waals surface area contributed by atoms with Crippen LogP contribution in [0.1, 0.15) is 12.8 Å². The lowest BCUT2D eigenvalue weighted by Gasteiger charge is -2.23. The molecular weight excluding hydrogens is 360 g/mol. The first-order valence-electron chi connectivity index (χ1n) is 8.91. The second kappa shape index (κ2) is 7.76. The lowest BCUT2D eigenvalue weighted by Crippen LogP contribution is -2.40. The van der Waals surface area contributed by atoms with Gasteiger partial charge in [-0.15, -0.1) is 0 Å². The van der Waals surface area contributed by atoms with Crippen molar-refractivity contribution in [2.75, 3.05) is 11.9 Å². The molecule has 0 spiro atoms. The predicted octanol–water partition coefficient (Wildman–Crippen LogP) is 4.15. The largest absolute Gasteiger partial charge is 0.356 e. The summed E-state index contributed by atoms with van der Waals surface area (Å²) in [4.78, 5) is 20.5. The molecule has 27 heavy (non-hydrogen) atoms. The highest BCUT2D eigenvalue weighted by Crippen LogP contribution is 2.30. The standard InChI is InChI=1S/C21H19ClN4O/c22-18-13-24-21(25-17-9-10-23-19(27)12-17)26-20(18)16-8-4-7-15(11-16)14-5-2-1-3-6-14/h1-8,11,13,17H,9-10,12H2,(H,23,27)(H,24,25,26). The van der Waals surface area contributed by atoms with Crippen LogP contribution >= 0.6 is 11.6 Å². The van der Waals surface area contributed by atoms with E-state index >= 15 is 0 Å². The van der Waals surface area contributed by atoms with Crippen LogP contribution in [0.4, 0.5) is 5.95 Å². The number of anilines is 1. The fraction of sp³-hybridized carbons (Fsp3) is 0.190. The molecule has 4 rings (SSSR count). The number of piperidine rings is 1. The van der Waals surface area contributed by atoms with E-state index in [4.69, 9.17) is 11.6 Å². The van der Waals surface area contributed by atoms with Gasteiger partial charge in [-0.2, -0.15) is 0 Å². The second-order valence-corrected chi connectivity index (χ2v) is 6.93. The quantitative estimate of drug-likeness (QED) is 0.715. The van der Waals surface area contributed by atoms with Crippen LogP contribution in [-0.2, 0) is 4.79 Å². The lowest BCUT2D eigenvalue weighted by molar-refractivity contribution is -0.122. The number of amides is 1. The third kappa shape index (κ3) is 4.09. The Kier molecular flexibility index (Phi) is 5.03.